The Balaban J connectivity index is 1.52. The van der Waals surface area contributed by atoms with Crippen molar-refractivity contribution >= 4 is 23.7 Å². The van der Waals surface area contributed by atoms with E-state index in [0.717, 1.165) is 18.7 Å². The number of hydrogen-bond acceptors (Lipinski definition) is 3. The minimum absolute atomic E-state index is 0.110. The molecule has 5 heteroatoms. The fourth-order valence-corrected chi connectivity index (χ4v) is 2.97. The molecule has 0 unspecified atom stereocenters. The summed E-state index contributed by atoms with van der Waals surface area (Å²) in [6.07, 6.45) is 1.61. The lowest BCUT2D eigenvalue weighted by atomic mass is 10.0. The maximum absolute atomic E-state index is 12.0. The number of aryl methyl sites for hydroxylation is 2. The van der Waals surface area contributed by atoms with Crippen molar-refractivity contribution in [3.63, 3.8) is 0 Å². The summed E-state index contributed by atoms with van der Waals surface area (Å²) in [6, 6.07) is 11.7. The number of fused-ring (bicyclic) bond motifs is 1. The van der Waals surface area contributed by atoms with Gasteiger partial charge in [0.05, 0.1) is 12.8 Å². The number of carbonyl (C=O) groups excluding carboxylic acids is 1. The molecular formula is C19H20ClN3O. The molecule has 1 heterocycles. The summed E-state index contributed by atoms with van der Waals surface area (Å²) in [5, 5.41) is 4.67. The largest absolute Gasteiger partial charge is 0.286 e. The summed E-state index contributed by atoms with van der Waals surface area (Å²) in [6.45, 7) is 6.20. The minimum Gasteiger partial charge on any atom is -0.286 e. The minimum atomic E-state index is -0.110. The molecular weight excluding hydrogens is 322 g/mol. The Bertz CT molecular complexity index is 753. The molecule has 0 atom stereocenters. The number of hydrazone groups is 1. The smallest absolute Gasteiger partial charge is 0.254 e. The molecule has 3 rings (SSSR count). The van der Waals surface area contributed by atoms with Gasteiger partial charge >= 0.3 is 0 Å². The zero-order valence-corrected chi connectivity index (χ0v) is 14.6. The van der Waals surface area contributed by atoms with Gasteiger partial charge in [-0.05, 0) is 53.8 Å². The van der Waals surface area contributed by atoms with Crippen molar-refractivity contribution in [3.05, 3.63) is 69.2 Å². The molecule has 0 fully saturated rings. The highest BCUT2D eigenvalue weighted by molar-refractivity contribution is 6.30. The SMILES string of the molecule is Cc1cc2c(cc1C)CN(CC(=O)N/N=C\c1ccc(Cl)cc1)C2. The van der Waals surface area contributed by atoms with E-state index in [4.69, 9.17) is 11.6 Å². The van der Waals surface area contributed by atoms with Gasteiger partial charge in [0.25, 0.3) is 5.91 Å². The van der Waals surface area contributed by atoms with E-state index in [9.17, 15) is 4.79 Å². The quantitative estimate of drug-likeness (QED) is 0.684. The van der Waals surface area contributed by atoms with E-state index in [-0.39, 0.29) is 5.91 Å². The average molecular weight is 342 g/mol. The van der Waals surface area contributed by atoms with Crippen molar-refractivity contribution in [2.24, 2.45) is 5.10 Å². The average Bonchev–Trinajstić information content (AvgIpc) is 2.90. The second kappa shape index (κ2) is 7.16. The second-order valence-electron chi connectivity index (χ2n) is 6.20. The first kappa shape index (κ1) is 16.7. The van der Waals surface area contributed by atoms with E-state index in [1.807, 2.05) is 12.1 Å². The van der Waals surface area contributed by atoms with E-state index in [1.165, 1.54) is 22.3 Å². The number of benzene rings is 2. The van der Waals surface area contributed by atoms with Gasteiger partial charge in [0.1, 0.15) is 0 Å². The topological polar surface area (TPSA) is 44.7 Å². The number of nitrogens with one attached hydrogen (secondary N) is 1. The van der Waals surface area contributed by atoms with Crippen molar-refractivity contribution in [3.8, 4) is 0 Å². The second-order valence-corrected chi connectivity index (χ2v) is 6.63. The van der Waals surface area contributed by atoms with Crippen LogP contribution < -0.4 is 5.43 Å². The van der Waals surface area contributed by atoms with Crippen LogP contribution in [0.1, 0.15) is 27.8 Å². The molecule has 0 bridgehead atoms. The molecule has 1 N–H and O–H groups in total. The van der Waals surface area contributed by atoms with Crippen molar-refractivity contribution in [2.45, 2.75) is 26.9 Å². The van der Waals surface area contributed by atoms with Crippen LogP contribution in [-0.2, 0) is 17.9 Å². The molecule has 4 nitrogen and oxygen atoms in total. The number of halogens is 1. The van der Waals surface area contributed by atoms with Crippen LogP contribution in [0.2, 0.25) is 5.02 Å². The zero-order valence-electron chi connectivity index (χ0n) is 13.8. The fourth-order valence-electron chi connectivity index (χ4n) is 2.85. The standard InChI is InChI=1S/C19H20ClN3O/c1-13-7-16-10-23(11-17(16)8-14(13)2)12-19(24)22-21-9-15-3-5-18(20)6-4-15/h3-9H,10-12H2,1-2H3,(H,22,24)/b21-9-. The first-order valence-electron chi connectivity index (χ1n) is 7.90. The third-order valence-electron chi connectivity index (χ3n) is 4.24. The van der Waals surface area contributed by atoms with Gasteiger partial charge in [-0.25, -0.2) is 5.43 Å². The molecule has 1 amide bonds. The molecule has 0 radical (unpaired) electrons. The first-order chi connectivity index (χ1) is 11.5. The molecule has 1 aliphatic rings. The molecule has 2 aromatic rings. The van der Waals surface area contributed by atoms with Crippen molar-refractivity contribution < 1.29 is 4.79 Å². The van der Waals surface area contributed by atoms with Crippen molar-refractivity contribution in [2.75, 3.05) is 6.54 Å². The van der Waals surface area contributed by atoms with Gasteiger partial charge in [-0.3, -0.25) is 9.69 Å². The lowest BCUT2D eigenvalue weighted by Gasteiger charge is -2.12. The summed E-state index contributed by atoms with van der Waals surface area (Å²) in [4.78, 5) is 14.2. The van der Waals surface area contributed by atoms with Crippen LogP contribution in [0.5, 0.6) is 0 Å². The summed E-state index contributed by atoms with van der Waals surface area (Å²) in [7, 11) is 0. The molecule has 124 valence electrons. The Morgan fingerprint density at radius 2 is 1.75 bits per heavy atom. The van der Waals surface area contributed by atoms with Gasteiger partial charge in [-0.2, -0.15) is 5.10 Å². The monoisotopic (exact) mass is 341 g/mol. The predicted molar refractivity (Wildman–Crippen MR) is 97.2 cm³/mol. The molecule has 0 aromatic heterocycles. The van der Waals surface area contributed by atoms with Crippen molar-refractivity contribution in [1.29, 1.82) is 0 Å². The Kier molecular flexibility index (Phi) is 4.97. The van der Waals surface area contributed by atoms with Crippen LogP contribution in [0.3, 0.4) is 0 Å². The molecule has 24 heavy (non-hydrogen) atoms. The van der Waals surface area contributed by atoms with E-state index >= 15 is 0 Å². The van der Waals surface area contributed by atoms with Crippen LogP contribution in [-0.4, -0.2) is 23.6 Å². The third-order valence-corrected chi connectivity index (χ3v) is 4.50. The van der Waals surface area contributed by atoms with Gasteiger partial charge < -0.3 is 0 Å². The molecule has 2 aromatic carbocycles. The highest BCUT2D eigenvalue weighted by atomic mass is 35.5. The Hall–Kier alpha value is -2.17. The molecule has 0 aliphatic carbocycles. The molecule has 1 aliphatic heterocycles. The Morgan fingerprint density at radius 1 is 1.17 bits per heavy atom. The fraction of sp³-hybridized carbons (Fsp3) is 0.263. The lowest BCUT2D eigenvalue weighted by Crippen LogP contribution is -2.32. The summed E-state index contributed by atoms with van der Waals surface area (Å²) in [5.74, 6) is -0.110. The predicted octanol–water partition coefficient (Wildman–Crippen LogP) is 3.42. The zero-order chi connectivity index (χ0) is 17.1. The number of amides is 1. The van der Waals surface area contributed by atoms with Gasteiger partial charge in [-0.1, -0.05) is 35.9 Å². The van der Waals surface area contributed by atoms with Gasteiger partial charge in [0.15, 0.2) is 0 Å². The number of rotatable bonds is 4. The Labute approximate surface area is 147 Å². The van der Waals surface area contributed by atoms with Crippen molar-refractivity contribution in [1.82, 2.24) is 10.3 Å². The number of nitrogens with zero attached hydrogens (tertiary/aromatic N) is 2. The lowest BCUT2D eigenvalue weighted by molar-refractivity contribution is -0.122. The van der Waals surface area contributed by atoms with Crippen LogP contribution >= 0.6 is 11.6 Å². The summed E-state index contributed by atoms with van der Waals surface area (Å²) in [5.41, 5.74) is 8.69. The van der Waals surface area contributed by atoms with Crippen LogP contribution in [0.25, 0.3) is 0 Å². The number of carbonyl (C=O) groups is 1. The molecule has 0 saturated carbocycles. The van der Waals surface area contributed by atoms with Crippen LogP contribution in [0, 0.1) is 13.8 Å². The van der Waals surface area contributed by atoms with E-state index in [1.54, 1.807) is 18.3 Å². The first-order valence-corrected chi connectivity index (χ1v) is 8.28. The summed E-state index contributed by atoms with van der Waals surface area (Å²) < 4.78 is 0. The molecule has 0 saturated heterocycles. The molecule has 0 spiro atoms. The normalized spacial score (nSPS) is 14.1. The van der Waals surface area contributed by atoms with Crippen LogP contribution in [0.15, 0.2) is 41.5 Å². The van der Waals surface area contributed by atoms with E-state index in [0.29, 0.717) is 11.6 Å². The highest BCUT2D eigenvalue weighted by Crippen LogP contribution is 2.25. The van der Waals surface area contributed by atoms with Gasteiger partial charge in [0, 0.05) is 18.1 Å². The Morgan fingerprint density at radius 3 is 2.33 bits per heavy atom. The number of hydrogen-bond donors (Lipinski definition) is 1. The van der Waals surface area contributed by atoms with Gasteiger partial charge in [0.2, 0.25) is 0 Å². The highest BCUT2D eigenvalue weighted by Gasteiger charge is 2.21. The van der Waals surface area contributed by atoms with E-state index < -0.39 is 0 Å². The third kappa shape index (κ3) is 4.02. The van der Waals surface area contributed by atoms with Crippen LogP contribution in [0.4, 0.5) is 0 Å². The maximum atomic E-state index is 12.0. The van der Waals surface area contributed by atoms with E-state index in [2.05, 4.69) is 41.4 Å². The maximum Gasteiger partial charge on any atom is 0.254 e. The summed E-state index contributed by atoms with van der Waals surface area (Å²) >= 11 is 5.83. The van der Waals surface area contributed by atoms with Gasteiger partial charge in [-0.15, -0.1) is 0 Å².